The number of ketones is 1. The number of fused-ring (bicyclic) bond motifs is 1. The molecule has 0 heterocycles. The third-order valence-corrected chi connectivity index (χ3v) is 5.88. The molecular weight excluding hydrogens is 348 g/mol. The van der Waals surface area contributed by atoms with E-state index in [-0.39, 0.29) is 5.78 Å². The fraction of sp³-hybridized carbons (Fsp3) is 0.320. The molecule has 4 rings (SSSR count). The van der Waals surface area contributed by atoms with Gasteiger partial charge in [-0.1, -0.05) is 31.4 Å². The molecule has 0 N–H and O–H groups in total. The molecule has 3 aromatic carbocycles. The number of hydrogen-bond donors (Lipinski definition) is 0. The first-order chi connectivity index (χ1) is 13.7. The summed E-state index contributed by atoms with van der Waals surface area (Å²) in [5.41, 5.74) is 2.73. The zero-order valence-electron chi connectivity index (χ0n) is 16.5. The number of carbonyl (C=O) groups excluding carboxylic acids is 1. The Morgan fingerprint density at radius 3 is 2.18 bits per heavy atom. The van der Waals surface area contributed by atoms with E-state index >= 15 is 0 Å². The molecule has 144 valence electrons. The fourth-order valence-corrected chi connectivity index (χ4v) is 4.35. The maximum atomic E-state index is 13.6. The van der Waals surface area contributed by atoms with Crippen LogP contribution in [0.1, 0.15) is 59.5 Å². The summed E-state index contributed by atoms with van der Waals surface area (Å²) in [6.45, 7) is 0. The minimum Gasteiger partial charge on any atom is -0.497 e. The van der Waals surface area contributed by atoms with E-state index in [1.54, 1.807) is 14.2 Å². The summed E-state index contributed by atoms with van der Waals surface area (Å²) in [6.07, 6.45) is 6.08. The predicted molar refractivity (Wildman–Crippen MR) is 113 cm³/mol. The van der Waals surface area contributed by atoms with Crippen molar-refractivity contribution in [2.24, 2.45) is 0 Å². The maximum absolute atomic E-state index is 13.6. The van der Waals surface area contributed by atoms with Gasteiger partial charge in [-0.2, -0.15) is 0 Å². The van der Waals surface area contributed by atoms with Crippen LogP contribution in [0, 0.1) is 0 Å². The normalized spacial score (nSPS) is 14.8. The minimum atomic E-state index is 0.0824. The van der Waals surface area contributed by atoms with Crippen LogP contribution >= 0.6 is 0 Å². The molecule has 3 nitrogen and oxygen atoms in total. The van der Waals surface area contributed by atoms with Gasteiger partial charge >= 0.3 is 0 Å². The molecule has 0 spiro atoms. The van der Waals surface area contributed by atoms with E-state index in [4.69, 9.17) is 9.47 Å². The van der Waals surface area contributed by atoms with E-state index in [2.05, 4.69) is 12.1 Å². The SMILES string of the molecule is COc1ccc(C(=O)c2c(C3CCCCC3)ccc3cc(OC)ccc23)cc1. The van der Waals surface area contributed by atoms with Crippen molar-refractivity contribution in [3.8, 4) is 11.5 Å². The summed E-state index contributed by atoms with van der Waals surface area (Å²) in [7, 11) is 3.30. The Hall–Kier alpha value is -2.81. The minimum absolute atomic E-state index is 0.0824. The van der Waals surface area contributed by atoms with Gasteiger partial charge in [0.2, 0.25) is 0 Å². The summed E-state index contributed by atoms with van der Waals surface area (Å²) in [6, 6.07) is 17.7. The van der Waals surface area contributed by atoms with Crippen LogP contribution in [0.15, 0.2) is 54.6 Å². The Balaban J connectivity index is 1.87. The molecule has 0 saturated heterocycles. The smallest absolute Gasteiger partial charge is 0.193 e. The van der Waals surface area contributed by atoms with Crippen molar-refractivity contribution in [2.75, 3.05) is 14.2 Å². The van der Waals surface area contributed by atoms with Crippen molar-refractivity contribution in [2.45, 2.75) is 38.0 Å². The van der Waals surface area contributed by atoms with Crippen LogP contribution < -0.4 is 9.47 Å². The van der Waals surface area contributed by atoms with Crippen LogP contribution in [0.5, 0.6) is 11.5 Å². The number of rotatable bonds is 5. The second-order valence-corrected chi connectivity index (χ2v) is 7.51. The molecule has 3 heteroatoms. The summed E-state index contributed by atoms with van der Waals surface area (Å²) in [5, 5.41) is 2.04. The van der Waals surface area contributed by atoms with Gasteiger partial charge in [-0.05, 0) is 77.6 Å². The number of benzene rings is 3. The van der Waals surface area contributed by atoms with Crippen LogP contribution in [0.2, 0.25) is 0 Å². The van der Waals surface area contributed by atoms with Crippen LogP contribution in [0.4, 0.5) is 0 Å². The summed E-state index contributed by atoms with van der Waals surface area (Å²) in [4.78, 5) is 13.6. The van der Waals surface area contributed by atoms with Gasteiger partial charge in [0.25, 0.3) is 0 Å². The molecule has 0 aliphatic heterocycles. The first-order valence-corrected chi connectivity index (χ1v) is 10.0. The van der Waals surface area contributed by atoms with E-state index in [1.807, 2.05) is 42.5 Å². The molecule has 0 aromatic heterocycles. The maximum Gasteiger partial charge on any atom is 0.193 e. The lowest BCUT2D eigenvalue weighted by atomic mass is 9.79. The molecule has 28 heavy (non-hydrogen) atoms. The topological polar surface area (TPSA) is 35.5 Å². The highest BCUT2D eigenvalue weighted by atomic mass is 16.5. The van der Waals surface area contributed by atoms with Gasteiger partial charge in [0, 0.05) is 11.1 Å². The van der Waals surface area contributed by atoms with E-state index in [1.165, 1.54) is 24.8 Å². The van der Waals surface area contributed by atoms with Crippen LogP contribution in [-0.2, 0) is 0 Å². The van der Waals surface area contributed by atoms with Crippen molar-refractivity contribution in [1.29, 1.82) is 0 Å². The van der Waals surface area contributed by atoms with Gasteiger partial charge in [-0.25, -0.2) is 0 Å². The van der Waals surface area contributed by atoms with Gasteiger partial charge in [0.15, 0.2) is 5.78 Å². The van der Waals surface area contributed by atoms with Crippen molar-refractivity contribution >= 4 is 16.6 Å². The third-order valence-electron chi connectivity index (χ3n) is 5.88. The van der Waals surface area contributed by atoms with Gasteiger partial charge in [-0.3, -0.25) is 4.79 Å². The largest absolute Gasteiger partial charge is 0.497 e. The van der Waals surface area contributed by atoms with Crippen molar-refractivity contribution < 1.29 is 14.3 Å². The Morgan fingerprint density at radius 2 is 1.50 bits per heavy atom. The predicted octanol–water partition coefficient (Wildman–Crippen LogP) is 6.14. The monoisotopic (exact) mass is 374 g/mol. The van der Waals surface area contributed by atoms with Crippen molar-refractivity contribution in [3.05, 3.63) is 71.3 Å². The average Bonchev–Trinajstić information content (AvgIpc) is 2.78. The third kappa shape index (κ3) is 3.49. The lowest BCUT2D eigenvalue weighted by Gasteiger charge is -2.25. The number of methoxy groups -OCH3 is 2. The highest BCUT2D eigenvalue weighted by Gasteiger charge is 2.24. The van der Waals surface area contributed by atoms with Gasteiger partial charge in [-0.15, -0.1) is 0 Å². The molecular formula is C25H26O3. The second kappa shape index (κ2) is 8.05. The first kappa shape index (κ1) is 18.5. The number of hydrogen-bond acceptors (Lipinski definition) is 3. The molecule has 1 fully saturated rings. The van der Waals surface area contributed by atoms with E-state index in [9.17, 15) is 4.79 Å². The summed E-state index contributed by atoms with van der Waals surface area (Å²) >= 11 is 0. The van der Waals surface area contributed by atoms with Gasteiger partial charge in [0.1, 0.15) is 11.5 Å². The molecule has 0 unspecified atom stereocenters. The molecule has 0 radical (unpaired) electrons. The Bertz CT molecular complexity index is 983. The highest BCUT2D eigenvalue weighted by molar-refractivity contribution is 6.17. The average molecular weight is 374 g/mol. The van der Waals surface area contributed by atoms with Crippen molar-refractivity contribution in [3.63, 3.8) is 0 Å². The summed E-state index contributed by atoms with van der Waals surface area (Å²) < 4.78 is 10.6. The second-order valence-electron chi connectivity index (χ2n) is 7.51. The van der Waals surface area contributed by atoms with Gasteiger partial charge in [0.05, 0.1) is 14.2 Å². The zero-order chi connectivity index (χ0) is 19.5. The standard InChI is InChI=1S/C25H26O3/c1-27-20-11-8-18(9-12-20)25(26)24-22(17-6-4-3-5-7-17)14-10-19-16-21(28-2)13-15-23(19)24/h8-17H,3-7H2,1-2H3. The fourth-order valence-electron chi connectivity index (χ4n) is 4.35. The van der Waals surface area contributed by atoms with Crippen LogP contribution in [-0.4, -0.2) is 20.0 Å². The zero-order valence-corrected chi connectivity index (χ0v) is 16.5. The molecule has 3 aromatic rings. The summed E-state index contributed by atoms with van der Waals surface area (Å²) in [5.74, 6) is 2.10. The molecule has 1 aliphatic carbocycles. The van der Waals surface area contributed by atoms with Crippen LogP contribution in [0.25, 0.3) is 10.8 Å². The van der Waals surface area contributed by atoms with E-state index < -0.39 is 0 Å². The lowest BCUT2D eigenvalue weighted by Crippen LogP contribution is -2.12. The Labute approximate surface area is 166 Å². The molecule has 1 aliphatic rings. The van der Waals surface area contributed by atoms with Crippen LogP contribution in [0.3, 0.4) is 0 Å². The molecule has 0 atom stereocenters. The highest BCUT2D eigenvalue weighted by Crippen LogP contribution is 2.38. The number of carbonyl (C=O) groups is 1. The van der Waals surface area contributed by atoms with Gasteiger partial charge < -0.3 is 9.47 Å². The molecule has 1 saturated carbocycles. The lowest BCUT2D eigenvalue weighted by molar-refractivity contribution is 0.103. The quantitative estimate of drug-likeness (QED) is 0.504. The Kier molecular flexibility index (Phi) is 5.34. The molecule has 0 bridgehead atoms. The Morgan fingerprint density at radius 1 is 0.821 bits per heavy atom. The first-order valence-electron chi connectivity index (χ1n) is 10.0. The van der Waals surface area contributed by atoms with E-state index in [0.717, 1.165) is 40.7 Å². The number of ether oxygens (including phenoxy) is 2. The van der Waals surface area contributed by atoms with E-state index in [0.29, 0.717) is 11.5 Å². The molecule has 0 amide bonds. The van der Waals surface area contributed by atoms with Crippen molar-refractivity contribution in [1.82, 2.24) is 0 Å².